The number of hydrogen-bond donors (Lipinski definition) is 2. The molecule has 0 saturated carbocycles. The minimum absolute atomic E-state index is 0. The molecule has 2 aromatic rings. The van der Waals surface area contributed by atoms with Gasteiger partial charge in [-0.25, -0.2) is 0 Å². The van der Waals surface area contributed by atoms with Gasteiger partial charge in [0.2, 0.25) is 0 Å². The Kier molecular flexibility index (Phi) is 9.58. The quantitative estimate of drug-likeness (QED) is 0.206. The summed E-state index contributed by atoms with van der Waals surface area (Å²) in [5.41, 5.74) is 11.5. The van der Waals surface area contributed by atoms with Gasteiger partial charge in [0.05, 0.1) is 9.85 Å². The molecule has 0 bridgehead atoms. The van der Waals surface area contributed by atoms with Crippen LogP contribution >= 0.6 is 0 Å². The third-order valence-corrected chi connectivity index (χ3v) is 2.79. The fraction of sp³-hybridized carbons (Fsp3) is 0. The zero-order valence-corrected chi connectivity index (χ0v) is 15.8. The summed E-state index contributed by atoms with van der Waals surface area (Å²) in [4.78, 5) is 20.5. The van der Waals surface area contributed by atoms with Crippen molar-refractivity contribution in [2.75, 3.05) is 11.5 Å². The predicted molar refractivity (Wildman–Crippen MR) is 79.8 cm³/mol. The van der Waals surface area contributed by atoms with Crippen LogP contribution < -0.4 is 36.3 Å². The first kappa shape index (κ1) is 23.5. The number of anilines is 2. The minimum atomic E-state index is -0.607. The molecule has 0 aromatic heterocycles. The molecule has 2 aromatic carbocycles. The third kappa shape index (κ3) is 5.12. The summed E-state index contributed by atoms with van der Waals surface area (Å²) < 4.78 is 0. The molecule has 0 unspecified atom stereocenters. The number of rotatable bonds is 3. The number of nitrogens with two attached hydrogens (primary N) is 2. The summed E-state index contributed by atoms with van der Waals surface area (Å²) in [6.07, 6.45) is 0. The predicted octanol–water partition coefficient (Wildman–Crippen LogP) is -4.04. The second kappa shape index (κ2) is 9.38. The molecule has 0 atom stereocenters. The van der Waals surface area contributed by atoms with E-state index in [9.17, 15) is 20.2 Å². The van der Waals surface area contributed by atoms with Crippen molar-refractivity contribution >= 4 is 46.7 Å². The Hall–Kier alpha value is -1.78. The first-order valence-corrected chi connectivity index (χ1v) is 5.48. The zero-order valence-electron chi connectivity index (χ0n) is 11.4. The average molecular weight is 464 g/mol. The van der Waals surface area contributed by atoms with Crippen LogP contribution in [0, 0.1) is 20.2 Å². The van der Waals surface area contributed by atoms with Gasteiger partial charge in [0, 0.05) is 12.1 Å². The Bertz CT molecular complexity index is 669. The van der Waals surface area contributed by atoms with E-state index in [1.165, 1.54) is 24.3 Å². The van der Waals surface area contributed by atoms with Gasteiger partial charge < -0.3 is 36.3 Å². The minimum Gasteiger partial charge on any atom is -1.00 e. The van der Waals surface area contributed by atoms with Crippen LogP contribution in [0.4, 0.5) is 22.7 Å². The summed E-state index contributed by atoms with van der Waals surface area (Å²) in [6, 6.07) is 8.41. The van der Waals surface area contributed by atoms with Crippen molar-refractivity contribution in [2.24, 2.45) is 0 Å². The van der Waals surface area contributed by atoms with E-state index in [4.69, 9.17) is 11.5 Å². The van der Waals surface area contributed by atoms with Crippen LogP contribution in [0.15, 0.2) is 36.4 Å². The number of halogens is 2. The molecule has 0 fully saturated rings. The Morgan fingerprint density at radius 3 is 1.30 bits per heavy atom. The standard InChI is InChI=1S/C12H10N4O4.2ClH.Sn/c13-9-3-1-7(5-11(9)15(17)18)8-2-4-10(14)12(6-8)16(19)20;;;/h1-6H,13-14H2;2*1H;/q;;;+2/p-2. The molecule has 8 nitrogen and oxygen atoms in total. The summed E-state index contributed by atoms with van der Waals surface area (Å²) in [5, 5.41) is 21.7. The molecule has 4 N–H and O–H groups in total. The average Bonchev–Trinajstić information content (AvgIpc) is 2.39. The van der Waals surface area contributed by atoms with E-state index in [2.05, 4.69) is 0 Å². The van der Waals surface area contributed by atoms with Gasteiger partial charge in [-0.1, -0.05) is 12.1 Å². The van der Waals surface area contributed by atoms with E-state index < -0.39 is 9.85 Å². The van der Waals surface area contributed by atoms with E-state index in [-0.39, 0.29) is 71.5 Å². The molecule has 2 rings (SSSR count). The first-order chi connectivity index (χ1) is 9.40. The summed E-state index contributed by atoms with van der Waals surface area (Å²) in [6.45, 7) is 0. The second-order valence-corrected chi connectivity index (χ2v) is 4.06. The van der Waals surface area contributed by atoms with Crippen molar-refractivity contribution in [3.05, 3.63) is 56.6 Å². The van der Waals surface area contributed by atoms with Gasteiger partial charge in [0.15, 0.2) is 0 Å². The first-order valence-electron chi connectivity index (χ1n) is 5.48. The summed E-state index contributed by atoms with van der Waals surface area (Å²) >= 11 is 0. The molecule has 120 valence electrons. The second-order valence-electron chi connectivity index (χ2n) is 4.06. The van der Waals surface area contributed by atoms with Crippen molar-refractivity contribution in [3.63, 3.8) is 0 Å². The van der Waals surface area contributed by atoms with Crippen molar-refractivity contribution in [2.45, 2.75) is 0 Å². The van der Waals surface area contributed by atoms with Gasteiger partial charge in [0.25, 0.3) is 11.4 Å². The van der Waals surface area contributed by atoms with Crippen LogP contribution in [0.25, 0.3) is 11.1 Å². The molecule has 0 spiro atoms. The summed E-state index contributed by atoms with van der Waals surface area (Å²) in [5.74, 6) is 0. The topological polar surface area (TPSA) is 138 Å². The largest absolute Gasteiger partial charge is 2.00 e. The molecule has 23 heavy (non-hydrogen) atoms. The molecule has 0 aliphatic carbocycles. The molecular weight excluding hydrogens is 454 g/mol. The summed E-state index contributed by atoms with van der Waals surface area (Å²) in [7, 11) is 0. The normalized spacial score (nSPS) is 8.87. The van der Waals surface area contributed by atoms with Crippen molar-refractivity contribution in [1.29, 1.82) is 0 Å². The molecular formula is C12H10Cl2N4O4Sn. The zero-order chi connectivity index (χ0) is 14.9. The fourth-order valence-electron chi connectivity index (χ4n) is 1.76. The maximum absolute atomic E-state index is 10.8. The molecule has 0 aliphatic rings. The molecule has 0 amide bonds. The van der Waals surface area contributed by atoms with Gasteiger partial charge in [-0.15, -0.1) is 0 Å². The Labute approximate surface area is 160 Å². The van der Waals surface area contributed by atoms with E-state index >= 15 is 0 Å². The van der Waals surface area contributed by atoms with E-state index in [0.717, 1.165) is 0 Å². The number of hydrogen-bond acceptors (Lipinski definition) is 6. The van der Waals surface area contributed by atoms with Crippen LogP contribution in [0.1, 0.15) is 0 Å². The molecule has 2 radical (unpaired) electrons. The van der Waals surface area contributed by atoms with Gasteiger partial charge in [-0.2, -0.15) is 0 Å². The van der Waals surface area contributed by atoms with Crippen LogP contribution in [0.2, 0.25) is 0 Å². The Morgan fingerprint density at radius 2 is 1.04 bits per heavy atom. The van der Waals surface area contributed by atoms with Gasteiger partial charge in [-0.05, 0) is 23.3 Å². The van der Waals surface area contributed by atoms with Crippen LogP contribution in [0.3, 0.4) is 0 Å². The Balaban J connectivity index is 0. The number of nitro groups is 2. The molecule has 0 heterocycles. The van der Waals surface area contributed by atoms with Gasteiger partial charge in [-0.3, -0.25) is 20.2 Å². The van der Waals surface area contributed by atoms with Crippen LogP contribution in [0.5, 0.6) is 0 Å². The van der Waals surface area contributed by atoms with E-state index in [1.54, 1.807) is 12.1 Å². The van der Waals surface area contributed by atoms with Crippen molar-refractivity contribution < 1.29 is 34.7 Å². The maximum Gasteiger partial charge on any atom is 2.00 e. The van der Waals surface area contributed by atoms with E-state index in [1.807, 2.05) is 0 Å². The third-order valence-electron chi connectivity index (χ3n) is 2.79. The van der Waals surface area contributed by atoms with E-state index in [0.29, 0.717) is 11.1 Å². The fourth-order valence-corrected chi connectivity index (χ4v) is 1.76. The van der Waals surface area contributed by atoms with Crippen molar-refractivity contribution in [1.82, 2.24) is 0 Å². The van der Waals surface area contributed by atoms with Crippen LogP contribution in [-0.4, -0.2) is 33.8 Å². The van der Waals surface area contributed by atoms with Crippen molar-refractivity contribution in [3.8, 4) is 11.1 Å². The molecule has 0 saturated heterocycles. The Morgan fingerprint density at radius 1 is 0.739 bits per heavy atom. The smallest absolute Gasteiger partial charge is 1.00 e. The SMILES string of the molecule is Nc1ccc(-c2ccc(N)c([N+](=O)[O-])c2)cc1[N+](=O)[O-].[Cl-].[Cl-].[Sn+2]. The van der Waals surface area contributed by atoms with Gasteiger partial charge >= 0.3 is 23.9 Å². The monoisotopic (exact) mass is 464 g/mol. The number of nitrogens with zero attached hydrogens (tertiary/aromatic N) is 2. The number of nitrogen functional groups attached to an aromatic ring is 2. The number of benzene rings is 2. The molecule has 11 heteroatoms. The molecule has 0 aliphatic heterocycles. The van der Waals surface area contributed by atoms with Gasteiger partial charge in [0.1, 0.15) is 11.4 Å². The maximum atomic E-state index is 10.8. The van der Waals surface area contributed by atoms with Crippen LogP contribution in [-0.2, 0) is 0 Å². The number of nitro benzene ring substituents is 2.